The van der Waals surface area contributed by atoms with Crippen molar-refractivity contribution < 1.29 is 18.7 Å². The Balaban J connectivity index is 0.00000145. The lowest BCUT2D eigenvalue weighted by Gasteiger charge is -2.15. The summed E-state index contributed by atoms with van der Waals surface area (Å²) >= 11 is 0. The zero-order valence-electron chi connectivity index (χ0n) is 16.8. The van der Waals surface area contributed by atoms with Crippen molar-refractivity contribution in [2.75, 3.05) is 12.8 Å². The van der Waals surface area contributed by atoms with Crippen LogP contribution in [-0.2, 0) is 0 Å². The Bertz CT molecular complexity index is 999. The van der Waals surface area contributed by atoms with Crippen LogP contribution in [0.1, 0.15) is 54.2 Å². The van der Waals surface area contributed by atoms with Gasteiger partial charge in [0.15, 0.2) is 0 Å². The summed E-state index contributed by atoms with van der Waals surface area (Å²) in [5.74, 6) is -1.68. The van der Waals surface area contributed by atoms with E-state index in [0.717, 1.165) is 30.1 Å². The number of fused-ring (bicyclic) bond motifs is 1. The van der Waals surface area contributed by atoms with E-state index >= 15 is 0 Å². The Labute approximate surface area is 168 Å². The van der Waals surface area contributed by atoms with Crippen LogP contribution in [0.25, 0.3) is 10.9 Å². The average molecular weight is 401 g/mol. The van der Waals surface area contributed by atoms with Crippen molar-refractivity contribution in [1.82, 2.24) is 10.3 Å². The summed E-state index contributed by atoms with van der Waals surface area (Å²) in [4.78, 5) is 16.9. The minimum Gasteiger partial charge on any atom is -0.400 e. The Hall–Kier alpha value is -3.06. The predicted molar refractivity (Wildman–Crippen MR) is 111 cm³/mol. The van der Waals surface area contributed by atoms with Gasteiger partial charge in [-0.1, -0.05) is 26.0 Å². The number of aliphatic hydroxyl groups excluding tert-OH is 1. The first kappa shape index (κ1) is 22.2. The van der Waals surface area contributed by atoms with Crippen molar-refractivity contribution >= 4 is 22.5 Å². The average Bonchev–Trinajstić information content (AvgIpc) is 2.72. The van der Waals surface area contributed by atoms with Crippen LogP contribution >= 0.6 is 0 Å². The number of pyridine rings is 1. The number of halogens is 2. The normalized spacial score (nSPS) is 11.7. The molecule has 0 aliphatic heterocycles. The third kappa shape index (κ3) is 5.06. The highest BCUT2D eigenvalue weighted by atomic mass is 19.1. The monoisotopic (exact) mass is 401 g/mol. The highest BCUT2D eigenvalue weighted by molar-refractivity contribution is 5.97. The van der Waals surface area contributed by atoms with Gasteiger partial charge in [0, 0.05) is 18.7 Å². The van der Waals surface area contributed by atoms with Crippen molar-refractivity contribution in [2.24, 2.45) is 0 Å². The van der Waals surface area contributed by atoms with Crippen molar-refractivity contribution in [3.63, 3.8) is 0 Å². The summed E-state index contributed by atoms with van der Waals surface area (Å²) in [5.41, 5.74) is 7.41. The summed E-state index contributed by atoms with van der Waals surface area (Å²) in [6, 6.07) is 9.34. The van der Waals surface area contributed by atoms with E-state index in [1.165, 1.54) is 11.8 Å². The van der Waals surface area contributed by atoms with Gasteiger partial charge in [-0.25, -0.2) is 8.78 Å². The molecule has 0 radical (unpaired) electrons. The number of benzene rings is 2. The standard InChI is InChI=1S/C21H21F2N3O.CH4O/c1-11(2)13-4-5-14-6-16(10-25-19(14)9-13)21(27)26-12(3)15-7-17(22)20(24)18(23)8-15;1-2/h4-12H,24H2,1-3H3,(H,26,27);2H,1H3. The second kappa shape index (κ2) is 9.43. The maximum atomic E-state index is 13.6. The lowest BCUT2D eigenvalue weighted by molar-refractivity contribution is 0.0939. The van der Waals surface area contributed by atoms with Gasteiger partial charge in [0.05, 0.1) is 17.1 Å². The summed E-state index contributed by atoms with van der Waals surface area (Å²) in [6.45, 7) is 5.85. The first-order valence-corrected chi connectivity index (χ1v) is 9.16. The number of carbonyl (C=O) groups is 1. The van der Waals surface area contributed by atoms with Gasteiger partial charge in [-0.15, -0.1) is 0 Å². The third-order valence-electron chi connectivity index (χ3n) is 4.59. The van der Waals surface area contributed by atoms with Crippen molar-refractivity contribution in [2.45, 2.75) is 32.7 Å². The molecule has 0 fully saturated rings. The molecule has 1 heterocycles. The second-order valence-corrected chi connectivity index (χ2v) is 6.92. The number of nitrogen functional groups attached to an aromatic ring is 1. The van der Waals surface area contributed by atoms with E-state index in [1.807, 2.05) is 18.2 Å². The Morgan fingerprint density at radius 3 is 2.24 bits per heavy atom. The van der Waals surface area contributed by atoms with E-state index in [4.69, 9.17) is 10.8 Å². The number of hydrogen-bond acceptors (Lipinski definition) is 4. The highest BCUT2D eigenvalue weighted by Crippen LogP contribution is 2.23. The number of rotatable bonds is 4. The van der Waals surface area contributed by atoms with E-state index in [2.05, 4.69) is 24.1 Å². The van der Waals surface area contributed by atoms with E-state index in [0.29, 0.717) is 17.0 Å². The lowest BCUT2D eigenvalue weighted by atomic mass is 10.0. The second-order valence-electron chi connectivity index (χ2n) is 6.92. The van der Waals surface area contributed by atoms with Crippen molar-refractivity contribution in [3.8, 4) is 0 Å². The van der Waals surface area contributed by atoms with E-state index in [-0.39, 0.29) is 5.91 Å². The first-order valence-electron chi connectivity index (χ1n) is 9.16. The molecule has 3 rings (SSSR count). The zero-order chi connectivity index (χ0) is 21.7. The number of anilines is 1. The number of nitrogens with two attached hydrogens (primary N) is 1. The molecule has 5 nitrogen and oxygen atoms in total. The molecule has 0 aliphatic carbocycles. The number of amides is 1. The fourth-order valence-electron chi connectivity index (χ4n) is 2.84. The maximum Gasteiger partial charge on any atom is 0.253 e. The summed E-state index contributed by atoms with van der Waals surface area (Å²) < 4.78 is 27.3. The van der Waals surface area contributed by atoms with Gasteiger partial charge in [0.2, 0.25) is 0 Å². The molecule has 0 spiro atoms. The minimum absolute atomic E-state index is 0.294. The molecule has 0 bridgehead atoms. The SMILES string of the molecule is CC(C)c1ccc2cc(C(=O)NC(C)c3cc(F)c(N)c(F)c3)cnc2c1.CO. The predicted octanol–water partition coefficient (Wildman–Crippen LogP) is 4.32. The van der Waals surface area contributed by atoms with Gasteiger partial charge >= 0.3 is 0 Å². The van der Waals surface area contributed by atoms with Crippen LogP contribution in [0.5, 0.6) is 0 Å². The van der Waals surface area contributed by atoms with E-state index < -0.39 is 23.4 Å². The van der Waals surface area contributed by atoms with Gasteiger partial charge in [-0.2, -0.15) is 0 Å². The van der Waals surface area contributed by atoms with Crippen molar-refractivity contribution in [1.29, 1.82) is 0 Å². The molecule has 1 amide bonds. The van der Waals surface area contributed by atoms with Crippen LogP contribution in [-0.4, -0.2) is 23.1 Å². The molecule has 7 heteroatoms. The molecule has 2 aromatic carbocycles. The molecule has 0 aliphatic rings. The molecule has 1 aromatic heterocycles. The van der Waals surface area contributed by atoms with Gasteiger partial charge in [-0.05, 0) is 48.2 Å². The number of aromatic nitrogens is 1. The lowest BCUT2D eigenvalue weighted by Crippen LogP contribution is -2.27. The fraction of sp³-hybridized carbons (Fsp3) is 0.273. The third-order valence-corrected chi connectivity index (χ3v) is 4.59. The smallest absolute Gasteiger partial charge is 0.253 e. The minimum atomic E-state index is -0.848. The van der Waals surface area contributed by atoms with Crippen LogP contribution in [0.15, 0.2) is 42.6 Å². The number of aliphatic hydroxyl groups is 1. The topological polar surface area (TPSA) is 88.2 Å². The zero-order valence-corrected chi connectivity index (χ0v) is 16.8. The molecule has 1 atom stereocenters. The summed E-state index contributed by atoms with van der Waals surface area (Å²) in [5, 5.41) is 10.6. The summed E-state index contributed by atoms with van der Waals surface area (Å²) in [6.07, 6.45) is 1.50. The molecular formula is C22H25F2N3O2. The molecule has 0 saturated heterocycles. The number of carbonyl (C=O) groups excluding carboxylic acids is 1. The van der Waals surface area contributed by atoms with E-state index in [1.54, 1.807) is 13.0 Å². The van der Waals surface area contributed by atoms with Crippen LogP contribution in [0.2, 0.25) is 0 Å². The Kier molecular flexibility index (Phi) is 7.23. The quantitative estimate of drug-likeness (QED) is 0.568. The van der Waals surface area contributed by atoms with Crippen LogP contribution in [0.4, 0.5) is 14.5 Å². The van der Waals surface area contributed by atoms with Crippen LogP contribution in [0, 0.1) is 11.6 Å². The number of hydrogen-bond donors (Lipinski definition) is 3. The van der Waals surface area contributed by atoms with E-state index in [9.17, 15) is 13.6 Å². The Morgan fingerprint density at radius 2 is 1.66 bits per heavy atom. The van der Waals surface area contributed by atoms with Gasteiger partial charge in [-0.3, -0.25) is 9.78 Å². The van der Waals surface area contributed by atoms with Gasteiger partial charge in [0.1, 0.15) is 17.3 Å². The molecular weight excluding hydrogens is 376 g/mol. The molecule has 154 valence electrons. The number of nitrogens with one attached hydrogen (secondary N) is 1. The van der Waals surface area contributed by atoms with Crippen LogP contribution < -0.4 is 11.1 Å². The molecule has 1 unspecified atom stereocenters. The highest BCUT2D eigenvalue weighted by Gasteiger charge is 2.16. The van der Waals surface area contributed by atoms with Gasteiger partial charge in [0.25, 0.3) is 5.91 Å². The van der Waals surface area contributed by atoms with Gasteiger partial charge < -0.3 is 16.2 Å². The molecule has 0 saturated carbocycles. The fourth-order valence-corrected chi connectivity index (χ4v) is 2.84. The summed E-state index contributed by atoms with van der Waals surface area (Å²) in [7, 11) is 1.00. The largest absolute Gasteiger partial charge is 0.400 e. The molecule has 3 aromatic rings. The Morgan fingerprint density at radius 1 is 1.03 bits per heavy atom. The maximum absolute atomic E-state index is 13.6. The van der Waals surface area contributed by atoms with Crippen LogP contribution in [0.3, 0.4) is 0 Å². The first-order chi connectivity index (χ1) is 13.8. The number of nitrogens with zero attached hydrogens (tertiary/aromatic N) is 1. The van der Waals surface area contributed by atoms with Crippen molar-refractivity contribution in [3.05, 3.63) is 70.9 Å². The molecule has 29 heavy (non-hydrogen) atoms. The molecule has 4 N–H and O–H groups in total.